The van der Waals surface area contributed by atoms with Crippen molar-refractivity contribution >= 4 is 17.5 Å². The van der Waals surface area contributed by atoms with Crippen molar-refractivity contribution in [1.82, 2.24) is 4.90 Å². The highest BCUT2D eigenvalue weighted by Gasteiger charge is 2.44. The van der Waals surface area contributed by atoms with Crippen molar-refractivity contribution in [2.45, 2.75) is 39.2 Å². The van der Waals surface area contributed by atoms with Gasteiger partial charge in [-0.15, -0.1) is 0 Å². The fourth-order valence-electron chi connectivity index (χ4n) is 4.17. The zero-order valence-electron chi connectivity index (χ0n) is 19.4. The number of nitrogens with zero attached hydrogens (tertiary/aromatic N) is 1. The van der Waals surface area contributed by atoms with Crippen molar-refractivity contribution in [2.24, 2.45) is 5.92 Å². The van der Waals surface area contributed by atoms with Crippen molar-refractivity contribution in [3.8, 4) is 17.2 Å². The number of anilines is 1. The van der Waals surface area contributed by atoms with Gasteiger partial charge < -0.3 is 24.4 Å². The summed E-state index contributed by atoms with van der Waals surface area (Å²) < 4.78 is 16.0. The van der Waals surface area contributed by atoms with E-state index in [0.29, 0.717) is 23.7 Å². The van der Waals surface area contributed by atoms with E-state index in [1.54, 1.807) is 27.4 Å². The van der Waals surface area contributed by atoms with Gasteiger partial charge in [-0.1, -0.05) is 25.5 Å². The van der Waals surface area contributed by atoms with Gasteiger partial charge in [-0.3, -0.25) is 9.59 Å². The summed E-state index contributed by atoms with van der Waals surface area (Å²) in [4.78, 5) is 28.1. The zero-order chi connectivity index (χ0) is 23.3. The number of hydrogen-bond donors (Lipinski definition) is 1. The quantitative estimate of drug-likeness (QED) is 0.627. The van der Waals surface area contributed by atoms with E-state index in [1.807, 2.05) is 42.2 Å². The first-order chi connectivity index (χ1) is 15.4. The van der Waals surface area contributed by atoms with Gasteiger partial charge in [0, 0.05) is 24.7 Å². The second-order valence-corrected chi connectivity index (χ2v) is 7.98. The summed E-state index contributed by atoms with van der Waals surface area (Å²) in [6.45, 7) is 4.62. The van der Waals surface area contributed by atoms with Crippen LogP contribution in [0.5, 0.6) is 17.2 Å². The third kappa shape index (κ3) is 4.82. The molecule has 32 heavy (non-hydrogen) atoms. The maximum atomic E-state index is 13.4. The zero-order valence-corrected chi connectivity index (χ0v) is 19.4. The van der Waals surface area contributed by atoms with E-state index in [0.717, 1.165) is 29.7 Å². The first-order valence-corrected chi connectivity index (χ1v) is 10.9. The number of carbonyl (C=O) groups excluding carboxylic acids is 2. The Morgan fingerprint density at radius 2 is 1.72 bits per heavy atom. The molecule has 1 aliphatic rings. The monoisotopic (exact) mass is 440 g/mol. The summed E-state index contributed by atoms with van der Waals surface area (Å²) in [5.74, 6) is 1.19. The Balaban J connectivity index is 1.91. The minimum absolute atomic E-state index is 0.00320. The second kappa shape index (κ2) is 10.4. The van der Waals surface area contributed by atoms with Crippen LogP contribution in [-0.4, -0.2) is 44.6 Å². The highest BCUT2D eigenvalue weighted by molar-refractivity contribution is 5.98. The number of unbranched alkanes of at least 4 members (excludes halogenated alkanes) is 1. The van der Waals surface area contributed by atoms with E-state index >= 15 is 0 Å². The molecular formula is C25H32N2O5. The van der Waals surface area contributed by atoms with Crippen LogP contribution in [0.15, 0.2) is 36.4 Å². The Morgan fingerprint density at radius 1 is 1.06 bits per heavy atom. The van der Waals surface area contributed by atoms with Crippen LogP contribution >= 0.6 is 0 Å². The fraction of sp³-hybridized carbons (Fsp3) is 0.440. The van der Waals surface area contributed by atoms with Crippen LogP contribution in [0.3, 0.4) is 0 Å². The molecule has 1 N–H and O–H groups in total. The molecule has 1 fully saturated rings. The first kappa shape index (κ1) is 23.4. The molecule has 1 heterocycles. The first-order valence-electron chi connectivity index (χ1n) is 10.9. The normalized spacial score (nSPS) is 17.9. The average Bonchev–Trinajstić information content (AvgIpc) is 3.14. The summed E-state index contributed by atoms with van der Waals surface area (Å²) in [5.41, 5.74) is 2.42. The van der Waals surface area contributed by atoms with Crippen LogP contribution in [0.2, 0.25) is 0 Å². The number of likely N-dealkylation sites (tertiary alicyclic amines) is 1. The van der Waals surface area contributed by atoms with Crippen molar-refractivity contribution in [3.63, 3.8) is 0 Å². The lowest BCUT2D eigenvalue weighted by Gasteiger charge is -2.28. The van der Waals surface area contributed by atoms with Crippen LogP contribution < -0.4 is 19.5 Å². The Bertz CT molecular complexity index is 958. The standard InChI is InChI=1S/C25H32N2O5/c1-6-7-12-27-23(28)14-19(24(27)17-8-10-18(30-3)11-9-17)25(29)26-20-15-22(32-5)21(31-4)13-16(20)2/h8-11,13,15,19,24H,6-7,12,14H2,1-5H3,(H,26,29)/t19-,24-/m0/s1. The molecule has 7 heteroatoms. The van der Waals surface area contributed by atoms with Crippen LogP contribution in [-0.2, 0) is 9.59 Å². The van der Waals surface area contributed by atoms with Gasteiger partial charge in [-0.05, 0) is 42.7 Å². The maximum Gasteiger partial charge on any atom is 0.230 e. The van der Waals surface area contributed by atoms with Crippen molar-refractivity contribution in [1.29, 1.82) is 0 Å². The SMILES string of the molecule is CCCCN1C(=O)C[C@H](C(=O)Nc2cc(OC)c(OC)cc2C)[C@@H]1c1ccc(OC)cc1. The van der Waals surface area contributed by atoms with Gasteiger partial charge in [0.15, 0.2) is 11.5 Å². The van der Waals surface area contributed by atoms with Crippen molar-refractivity contribution < 1.29 is 23.8 Å². The minimum atomic E-state index is -0.500. The molecule has 1 saturated heterocycles. The smallest absolute Gasteiger partial charge is 0.230 e. The van der Waals surface area contributed by atoms with Crippen LogP contribution in [0, 0.1) is 12.8 Å². The third-order valence-electron chi connectivity index (χ3n) is 5.97. The van der Waals surface area contributed by atoms with E-state index in [4.69, 9.17) is 14.2 Å². The van der Waals surface area contributed by atoms with Gasteiger partial charge in [-0.25, -0.2) is 0 Å². The average molecular weight is 441 g/mol. The summed E-state index contributed by atoms with van der Waals surface area (Å²) in [5, 5.41) is 3.02. The van der Waals surface area contributed by atoms with Crippen molar-refractivity contribution in [2.75, 3.05) is 33.2 Å². The number of rotatable bonds is 9. The van der Waals surface area contributed by atoms with Gasteiger partial charge in [0.05, 0.1) is 33.3 Å². The molecule has 7 nitrogen and oxygen atoms in total. The molecule has 0 aliphatic carbocycles. The van der Waals surface area contributed by atoms with E-state index in [9.17, 15) is 9.59 Å². The maximum absolute atomic E-state index is 13.4. The van der Waals surface area contributed by atoms with E-state index in [1.165, 1.54) is 0 Å². The topological polar surface area (TPSA) is 77.1 Å². The highest BCUT2D eigenvalue weighted by Crippen LogP contribution is 2.40. The Kier molecular flexibility index (Phi) is 7.62. The number of hydrogen-bond acceptors (Lipinski definition) is 5. The summed E-state index contributed by atoms with van der Waals surface area (Å²) in [6.07, 6.45) is 2.04. The van der Waals surface area contributed by atoms with Gasteiger partial charge in [0.2, 0.25) is 11.8 Å². The fourth-order valence-corrected chi connectivity index (χ4v) is 4.17. The molecule has 0 spiro atoms. The lowest BCUT2D eigenvalue weighted by atomic mass is 9.92. The van der Waals surface area contributed by atoms with E-state index in [2.05, 4.69) is 12.2 Å². The van der Waals surface area contributed by atoms with E-state index < -0.39 is 5.92 Å². The molecule has 2 atom stereocenters. The molecule has 2 aromatic carbocycles. The van der Waals surface area contributed by atoms with Gasteiger partial charge in [-0.2, -0.15) is 0 Å². The largest absolute Gasteiger partial charge is 0.497 e. The van der Waals surface area contributed by atoms with Crippen LogP contribution in [0.25, 0.3) is 0 Å². The Morgan fingerprint density at radius 3 is 2.31 bits per heavy atom. The van der Waals surface area contributed by atoms with Crippen LogP contribution in [0.1, 0.15) is 43.4 Å². The Hall–Kier alpha value is -3.22. The predicted molar refractivity (Wildman–Crippen MR) is 123 cm³/mol. The van der Waals surface area contributed by atoms with Gasteiger partial charge >= 0.3 is 0 Å². The lowest BCUT2D eigenvalue weighted by molar-refractivity contribution is -0.129. The van der Waals surface area contributed by atoms with E-state index in [-0.39, 0.29) is 24.3 Å². The minimum Gasteiger partial charge on any atom is -0.497 e. The molecule has 0 bridgehead atoms. The molecule has 1 aliphatic heterocycles. The summed E-state index contributed by atoms with van der Waals surface area (Å²) >= 11 is 0. The lowest BCUT2D eigenvalue weighted by Crippen LogP contribution is -2.33. The molecule has 2 aromatic rings. The molecule has 0 unspecified atom stereocenters. The number of ether oxygens (including phenoxy) is 3. The molecule has 0 aromatic heterocycles. The van der Waals surface area contributed by atoms with Gasteiger partial charge in [0.1, 0.15) is 5.75 Å². The molecular weight excluding hydrogens is 408 g/mol. The number of aryl methyl sites for hydroxylation is 1. The summed E-state index contributed by atoms with van der Waals surface area (Å²) in [7, 11) is 4.74. The molecule has 0 saturated carbocycles. The molecule has 2 amide bonds. The molecule has 3 rings (SSSR count). The number of nitrogens with one attached hydrogen (secondary N) is 1. The highest BCUT2D eigenvalue weighted by atomic mass is 16.5. The van der Waals surface area contributed by atoms with Crippen molar-refractivity contribution in [3.05, 3.63) is 47.5 Å². The Labute approximate surface area is 189 Å². The summed E-state index contributed by atoms with van der Waals surface area (Å²) in [6, 6.07) is 10.8. The van der Waals surface area contributed by atoms with Gasteiger partial charge in [0.25, 0.3) is 0 Å². The predicted octanol–water partition coefficient (Wildman–Crippen LogP) is 4.35. The number of amides is 2. The van der Waals surface area contributed by atoms with Crippen LogP contribution in [0.4, 0.5) is 5.69 Å². The molecule has 0 radical (unpaired) electrons. The number of methoxy groups -OCH3 is 3. The number of carbonyl (C=O) groups is 2. The third-order valence-corrected chi connectivity index (χ3v) is 5.97. The second-order valence-electron chi connectivity index (χ2n) is 7.98. The molecule has 172 valence electrons. The number of benzene rings is 2.